The molecule has 0 aliphatic rings. The number of rotatable bonds is 10. The quantitative estimate of drug-likeness (QED) is 0.115. The first-order chi connectivity index (χ1) is 19.6. The lowest BCUT2D eigenvalue weighted by atomic mass is 10.0. The lowest BCUT2D eigenvalue weighted by Gasteiger charge is -2.14. The van der Waals surface area contributed by atoms with Gasteiger partial charge in [0.05, 0.1) is 28.0 Å². The van der Waals surface area contributed by atoms with Crippen LogP contribution in [-0.2, 0) is 15.7 Å². The average Bonchev–Trinajstić information content (AvgIpc) is 3.39. The maximum absolute atomic E-state index is 13.0. The molecular formula is C32H29F3N2O3S. The van der Waals surface area contributed by atoms with Crippen molar-refractivity contribution in [3.63, 3.8) is 0 Å². The Kier molecular flexibility index (Phi) is 9.46. The number of benzene rings is 3. The second-order valence-corrected chi connectivity index (χ2v) is 10.8. The summed E-state index contributed by atoms with van der Waals surface area (Å²) in [5, 5.41) is 20.1. The van der Waals surface area contributed by atoms with Crippen molar-refractivity contribution in [1.82, 2.24) is 4.98 Å². The minimum atomic E-state index is -4.55. The molecule has 4 aromatic rings. The summed E-state index contributed by atoms with van der Waals surface area (Å²) in [5.41, 5.74) is 2.36. The third-order valence-electron chi connectivity index (χ3n) is 6.83. The van der Waals surface area contributed by atoms with E-state index in [-0.39, 0.29) is 17.1 Å². The van der Waals surface area contributed by atoms with Gasteiger partial charge in [-0.25, -0.2) is 9.78 Å². The van der Waals surface area contributed by atoms with Crippen LogP contribution < -0.4 is 0 Å². The summed E-state index contributed by atoms with van der Waals surface area (Å²) in [6.07, 6.45) is 1.01. The molecule has 1 heterocycles. The third kappa shape index (κ3) is 7.33. The number of carbonyl (C=O) groups excluding carboxylic acids is 1. The van der Waals surface area contributed by atoms with Gasteiger partial charge in [0.1, 0.15) is 22.4 Å². The number of nitriles is 1. The fourth-order valence-corrected chi connectivity index (χ4v) is 5.39. The number of ether oxygens (including phenoxy) is 1. The van der Waals surface area contributed by atoms with Crippen LogP contribution in [0.5, 0.6) is 5.75 Å². The van der Waals surface area contributed by atoms with Crippen molar-refractivity contribution < 1.29 is 27.8 Å². The minimum absolute atomic E-state index is 0.0618. The van der Waals surface area contributed by atoms with E-state index in [2.05, 4.69) is 18.8 Å². The molecule has 4 rings (SSSR count). The molecule has 3 aromatic carbocycles. The van der Waals surface area contributed by atoms with Gasteiger partial charge in [0.25, 0.3) is 0 Å². The standard InChI is InChI=1S/C32H29F3N2O3S/c1-3-5-6-20(4-2)19-40-31(39)24(18-36)15-21-7-9-22(10-8-21)23-11-14-27-29(16-23)41-30(37-27)26-13-12-25(17-28(26)38)32(33,34)35/h7-17,20,38H,3-6,19H2,1-2H3/b24-15-. The molecule has 0 fully saturated rings. The van der Waals surface area contributed by atoms with Gasteiger partial charge >= 0.3 is 12.1 Å². The van der Waals surface area contributed by atoms with Gasteiger partial charge in [-0.1, -0.05) is 63.4 Å². The summed E-state index contributed by atoms with van der Waals surface area (Å²) >= 11 is 1.27. The van der Waals surface area contributed by atoms with Crippen LogP contribution in [0, 0.1) is 17.2 Å². The molecule has 0 saturated heterocycles. The number of nitrogens with zero attached hydrogens (tertiary/aromatic N) is 2. The first-order valence-corrected chi connectivity index (χ1v) is 14.1. The molecule has 5 nitrogen and oxygen atoms in total. The highest BCUT2D eigenvalue weighted by Gasteiger charge is 2.31. The Hall–Kier alpha value is -4.16. The number of aromatic hydroxyl groups is 1. The predicted octanol–water partition coefficient (Wildman–Crippen LogP) is 9.02. The Bertz CT molecular complexity index is 1600. The number of carbonyl (C=O) groups is 1. The van der Waals surface area contributed by atoms with Crippen LogP contribution in [0.4, 0.5) is 13.2 Å². The van der Waals surface area contributed by atoms with Crippen molar-refractivity contribution in [2.45, 2.75) is 45.7 Å². The fourth-order valence-electron chi connectivity index (χ4n) is 4.35. The van der Waals surface area contributed by atoms with E-state index in [1.807, 2.05) is 36.4 Å². The van der Waals surface area contributed by atoms with Crippen LogP contribution in [-0.4, -0.2) is 22.7 Å². The largest absolute Gasteiger partial charge is 0.507 e. The average molecular weight is 579 g/mol. The predicted molar refractivity (Wildman–Crippen MR) is 155 cm³/mol. The van der Waals surface area contributed by atoms with Crippen LogP contribution in [0.25, 0.3) is 38.0 Å². The number of thiazole rings is 1. The normalized spacial score (nSPS) is 12.7. The number of phenolic OH excluding ortho intramolecular Hbond substituents is 1. The molecule has 0 spiro atoms. The van der Waals surface area contributed by atoms with Gasteiger partial charge in [0.15, 0.2) is 0 Å². The molecule has 41 heavy (non-hydrogen) atoms. The number of phenols is 1. The van der Waals surface area contributed by atoms with E-state index in [4.69, 9.17) is 4.74 Å². The first kappa shape index (κ1) is 29.8. The maximum Gasteiger partial charge on any atom is 0.416 e. The molecule has 212 valence electrons. The number of halogens is 3. The SMILES string of the molecule is CCCCC(CC)COC(=O)/C(C#N)=C\c1ccc(-c2ccc3nc(-c4ccc(C(F)(F)F)cc4O)sc3c2)cc1. The van der Waals surface area contributed by atoms with Crippen LogP contribution in [0.3, 0.4) is 0 Å². The van der Waals surface area contributed by atoms with Crippen molar-refractivity contribution in [2.24, 2.45) is 5.92 Å². The molecule has 1 aromatic heterocycles. The summed E-state index contributed by atoms with van der Waals surface area (Å²) in [4.78, 5) is 17.0. The number of hydrogen-bond acceptors (Lipinski definition) is 6. The molecule has 0 amide bonds. The van der Waals surface area contributed by atoms with Gasteiger partial charge in [-0.3, -0.25) is 0 Å². The van der Waals surface area contributed by atoms with Gasteiger partial charge < -0.3 is 9.84 Å². The lowest BCUT2D eigenvalue weighted by Crippen LogP contribution is -2.14. The highest BCUT2D eigenvalue weighted by Crippen LogP contribution is 2.40. The zero-order valence-electron chi connectivity index (χ0n) is 22.7. The molecule has 0 saturated carbocycles. The van der Waals surface area contributed by atoms with Crippen LogP contribution >= 0.6 is 11.3 Å². The van der Waals surface area contributed by atoms with Crippen molar-refractivity contribution in [2.75, 3.05) is 6.61 Å². The Labute approximate surface area is 240 Å². The van der Waals surface area contributed by atoms with Crippen LogP contribution in [0.2, 0.25) is 0 Å². The summed E-state index contributed by atoms with van der Waals surface area (Å²) in [7, 11) is 0. The van der Waals surface area contributed by atoms with E-state index in [0.29, 0.717) is 28.8 Å². The molecule has 1 unspecified atom stereocenters. The molecule has 0 bridgehead atoms. The topological polar surface area (TPSA) is 83.2 Å². The molecule has 0 aliphatic carbocycles. The third-order valence-corrected chi connectivity index (χ3v) is 7.88. The monoisotopic (exact) mass is 578 g/mol. The second-order valence-electron chi connectivity index (χ2n) is 9.74. The van der Waals surface area contributed by atoms with E-state index in [0.717, 1.165) is 47.6 Å². The van der Waals surface area contributed by atoms with Crippen molar-refractivity contribution in [3.05, 3.63) is 77.4 Å². The van der Waals surface area contributed by atoms with Crippen LogP contribution in [0.15, 0.2) is 66.2 Å². The number of aromatic nitrogens is 1. The summed E-state index contributed by atoms with van der Waals surface area (Å²) in [5.74, 6) is -0.826. The minimum Gasteiger partial charge on any atom is -0.507 e. The maximum atomic E-state index is 13.0. The summed E-state index contributed by atoms with van der Waals surface area (Å²) in [6, 6.07) is 17.8. The molecule has 1 N–H and O–H groups in total. The number of fused-ring (bicyclic) bond motifs is 1. The van der Waals surface area contributed by atoms with E-state index in [9.17, 15) is 28.3 Å². The second kappa shape index (κ2) is 13.0. The Morgan fingerprint density at radius 1 is 1.10 bits per heavy atom. The number of esters is 1. The Morgan fingerprint density at radius 2 is 1.83 bits per heavy atom. The van der Waals surface area contributed by atoms with Crippen LogP contribution in [0.1, 0.15) is 50.7 Å². The summed E-state index contributed by atoms with van der Waals surface area (Å²) in [6.45, 7) is 4.48. The van der Waals surface area contributed by atoms with Gasteiger partial charge in [-0.2, -0.15) is 18.4 Å². The highest BCUT2D eigenvalue weighted by molar-refractivity contribution is 7.21. The molecular weight excluding hydrogens is 549 g/mol. The smallest absolute Gasteiger partial charge is 0.416 e. The highest BCUT2D eigenvalue weighted by atomic mass is 32.1. The Morgan fingerprint density at radius 3 is 2.46 bits per heavy atom. The van der Waals surface area contributed by atoms with E-state index >= 15 is 0 Å². The van der Waals surface area contributed by atoms with Crippen molar-refractivity contribution in [3.8, 4) is 33.5 Å². The zero-order valence-corrected chi connectivity index (χ0v) is 23.5. The number of hydrogen-bond donors (Lipinski definition) is 1. The molecule has 0 radical (unpaired) electrons. The summed E-state index contributed by atoms with van der Waals surface area (Å²) < 4.78 is 45.1. The number of alkyl halides is 3. The van der Waals surface area contributed by atoms with Gasteiger partial charge in [0, 0.05) is 0 Å². The number of unbranched alkanes of at least 4 members (excludes halogenated alkanes) is 1. The van der Waals surface area contributed by atoms with Crippen molar-refractivity contribution in [1.29, 1.82) is 5.26 Å². The lowest BCUT2D eigenvalue weighted by molar-refractivity contribution is -0.140. The Balaban J connectivity index is 1.49. The van der Waals surface area contributed by atoms with E-state index in [1.54, 1.807) is 12.1 Å². The van der Waals surface area contributed by atoms with Gasteiger partial charge in [-0.05, 0) is 65.4 Å². The molecule has 1 atom stereocenters. The van der Waals surface area contributed by atoms with Gasteiger partial charge in [0.2, 0.25) is 0 Å². The zero-order chi connectivity index (χ0) is 29.6. The van der Waals surface area contributed by atoms with E-state index < -0.39 is 23.5 Å². The van der Waals surface area contributed by atoms with E-state index in [1.165, 1.54) is 23.5 Å². The van der Waals surface area contributed by atoms with Gasteiger partial charge in [-0.15, -0.1) is 11.3 Å². The van der Waals surface area contributed by atoms with Crippen molar-refractivity contribution >= 4 is 33.6 Å². The molecule has 0 aliphatic heterocycles. The first-order valence-electron chi connectivity index (χ1n) is 13.3. The molecule has 9 heteroatoms. The fraction of sp³-hybridized carbons (Fsp3) is 0.281.